The van der Waals surface area contributed by atoms with Gasteiger partial charge in [-0.2, -0.15) is 0 Å². The molecule has 1 atom stereocenters. The molecule has 0 bridgehead atoms. The summed E-state index contributed by atoms with van der Waals surface area (Å²) in [7, 11) is 4.24. The lowest BCUT2D eigenvalue weighted by Gasteiger charge is -2.23. The summed E-state index contributed by atoms with van der Waals surface area (Å²) in [6.45, 7) is 1.66. The lowest BCUT2D eigenvalue weighted by Crippen LogP contribution is -2.30. The molecule has 4 heteroatoms. The molecule has 0 aliphatic carbocycles. The fraction of sp³-hybridized carbons (Fsp3) is 0.294. The number of likely N-dealkylation sites (N-methyl/N-ethyl adjacent to an activating group) is 1. The van der Waals surface area contributed by atoms with Crippen LogP contribution in [0.1, 0.15) is 16.7 Å². The summed E-state index contributed by atoms with van der Waals surface area (Å²) >= 11 is 1.80. The SMILES string of the molecule is CN(C)C(CNCc1cc2ccccc2o1)c1cccs1. The van der Waals surface area contributed by atoms with Gasteiger partial charge in [-0.15, -0.1) is 11.3 Å². The summed E-state index contributed by atoms with van der Waals surface area (Å²) in [5, 5.41) is 6.80. The van der Waals surface area contributed by atoms with E-state index in [1.807, 2.05) is 18.2 Å². The van der Waals surface area contributed by atoms with Gasteiger partial charge in [-0.3, -0.25) is 0 Å². The molecule has 1 aromatic carbocycles. The van der Waals surface area contributed by atoms with Crippen LogP contribution in [0.2, 0.25) is 0 Å². The Kier molecular flexibility index (Phi) is 4.39. The molecule has 1 N–H and O–H groups in total. The second-order valence-corrected chi connectivity index (χ2v) is 6.36. The van der Waals surface area contributed by atoms with Crippen LogP contribution in [-0.2, 0) is 6.54 Å². The molecule has 0 spiro atoms. The first-order chi connectivity index (χ1) is 10.2. The van der Waals surface area contributed by atoms with E-state index in [-0.39, 0.29) is 0 Å². The van der Waals surface area contributed by atoms with Crippen molar-refractivity contribution in [1.29, 1.82) is 0 Å². The molecule has 2 heterocycles. The van der Waals surface area contributed by atoms with Gasteiger partial charge >= 0.3 is 0 Å². The summed E-state index contributed by atoms with van der Waals surface area (Å²) < 4.78 is 5.83. The molecule has 21 heavy (non-hydrogen) atoms. The Morgan fingerprint density at radius 1 is 1.19 bits per heavy atom. The standard InChI is InChI=1S/C17H20N2OS/c1-19(2)15(17-8-5-9-21-17)12-18-11-14-10-13-6-3-4-7-16(13)20-14/h3-10,15,18H,11-12H2,1-2H3. The minimum atomic E-state index is 0.398. The summed E-state index contributed by atoms with van der Waals surface area (Å²) in [6, 6.07) is 14.9. The highest BCUT2D eigenvalue weighted by Crippen LogP contribution is 2.23. The van der Waals surface area contributed by atoms with Gasteiger partial charge in [-0.25, -0.2) is 0 Å². The van der Waals surface area contributed by atoms with E-state index < -0.39 is 0 Å². The second-order valence-electron chi connectivity index (χ2n) is 5.38. The Hall–Kier alpha value is -1.62. The largest absolute Gasteiger partial charge is 0.460 e. The first kappa shape index (κ1) is 14.3. The number of hydrogen-bond donors (Lipinski definition) is 1. The Labute approximate surface area is 129 Å². The molecular weight excluding hydrogens is 280 g/mol. The van der Waals surface area contributed by atoms with Crippen LogP contribution in [0, 0.1) is 0 Å². The van der Waals surface area contributed by atoms with E-state index in [1.54, 1.807) is 11.3 Å². The Morgan fingerprint density at radius 3 is 2.76 bits per heavy atom. The number of hydrogen-bond acceptors (Lipinski definition) is 4. The average Bonchev–Trinajstić information content (AvgIpc) is 3.11. The van der Waals surface area contributed by atoms with Crippen molar-refractivity contribution in [2.24, 2.45) is 0 Å². The third-order valence-corrected chi connectivity index (χ3v) is 4.58. The van der Waals surface area contributed by atoms with Gasteiger partial charge in [0.2, 0.25) is 0 Å². The van der Waals surface area contributed by atoms with E-state index >= 15 is 0 Å². The predicted octanol–water partition coefficient (Wildman–Crippen LogP) is 3.89. The van der Waals surface area contributed by atoms with Crippen molar-refractivity contribution in [2.75, 3.05) is 20.6 Å². The van der Waals surface area contributed by atoms with Crippen LogP contribution in [-0.4, -0.2) is 25.5 Å². The maximum atomic E-state index is 5.83. The maximum absolute atomic E-state index is 5.83. The van der Waals surface area contributed by atoms with Gasteiger partial charge in [0, 0.05) is 16.8 Å². The number of fused-ring (bicyclic) bond motifs is 1. The smallest absolute Gasteiger partial charge is 0.134 e. The third kappa shape index (κ3) is 3.35. The van der Waals surface area contributed by atoms with Gasteiger partial charge in [-0.05, 0) is 37.7 Å². The quantitative estimate of drug-likeness (QED) is 0.748. The second kappa shape index (κ2) is 6.43. The zero-order chi connectivity index (χ0) is 14.7. The van der Waals surface area contributed by atoms with E-state index in [4.69, 9.17) is 4.42 Å². The number of rotatable bonds is 6. The van der Waals surface area contributed by atoms with E-state index in [0.717, 1.165) is 29.8 Å². The summed E-state index contributed by atoms with van der Waals surface area (Å²) in [6.07, 6.45) is 0. The molecule has 3 rings (SSSR count). The molecule has 110 valence electrons. The van der Waals surface area contributed by atoms with Crippen molar-refractivity contribution in [3.8, 4) is 0 Å². The van der Waals surface area contributed by atoms with Gasteiger partial charge in [0.25, 0.3) is 0 Å². The van der Waals surface area contributed by atoms with E-state index in [0.29, 0.717) is 6.04 Å². The lowest BCUT2D eigenvalue weighted by molar-refractivity contribution is 0.290. The number of nitrogens with zero attached hydrogens (tertiary/aromatic N) is 1. The fourth-order valence-corrected chi connectivity index (χ4v) is 3.40. The van der Waals surface area contributed by atoms with E-state index in [9.17, 15) is 0 Å². The Bertz CT molecular complexity index is 655. The Morgan fingerprint density at radius 2 is 2.05 bits per heavy atom. The number of thiophene rings is 1. The van der Waals surface area contributed by atoms with E-state index in [2.05, 4.69) is 54.0 Å². The molecule has 0 aliphatic rings. The molecule has 0 saturated carbocycles. The molecule has 0 aliphatic heterocycles. The molecule has 2 aromatic heterocycles. The summed E-state index contributed by atoms with van der Waals surface area (Å²) in [5.74, 6) is 0.986. The van der Waals surface area contributed by atoms with Crippen LogP contribution in [0.25, 0.3) is 11.0 Å². The van der Waals surface area contributed by atoms with Crippen LogP contribution in [0.5, 0.6) is 0 Å². The number of nitrogens with one attached hydrogen (secondary N) is 1. The average molecular weight is 300 g/mol. The zero-order valence-electron chi connectivity index (χ0n) is 12.4. The predicted molar refractivity (Wildman–Crippen MR) is 88.7 cm³/mol. The molecule has 3 nitrogen and oxygen atoms in total. The summed E-state index contributed by atoms with van der Waals surface area (Å²) in [5.41, 5.74) is 0.955. The number of furan rings is 1. The van der Waals surface area contributed by atoms with Crippen LogP contribution in [0.4, 0.5) is 0 Å². The Balaban J connectivity index is 1.62. The topological polar surface area (TPSA) is 28.4 Å². The van der Waals surface area contributed by atoms with Crippen LogP contribution < -0.4 is 5.32 Å². The highest BCUT2D eigenvalue weighted by molar-refractivity contribution is 7.10. The maximum Gasteiger partial charge on any atom is 0.134 e. The van der Waals surface area contributed by atoms with Crippen molar-refractivity contribution >= 4 is 22.3 Å². The van der Waals surface area contributed by atoms with Crippen molar-refractivity contribution in [3.63, 3.8) is 0 Å². The molecule has 0 fully saturated rings. The molecule has 0 radical (unpaired) electrons. The molecule has 0 amide bonds. The van der Waals surface area contributed by atoms with Crippen molar-refractivity contribution in [2.45, 2.75) is 12.6 Å². The van der Waals surface area contributed by atoms with Gasteiger partial charge in [-0.1, -0.05) is 24.3 Å². The van der Waals surface area contributed by atoms with Crippen LogP contribution in [0.15, 0.2) is 52.3 Å². The van der Waals surface area contributed by atoms with Crippen molar-refractivity contribution < 1.29 is 4.42 Å². The minimum Gasteiger partial charge on any atom is -0.460 e. The van der Waals surface area contributed by atoms with Crippen molar-refractivity contribution in [1.82, 2.24) is 10.2 Å². The van der Waals surface area contributed by atoms with Gasteiger partial charge in [0.1, 0.15) is 11.3 Å². The first-order valence-corrected chi connectivity index (χ1v) is 8.00. The lowest BCUT2D eigenvalue weighted by atomic mass is 10.2. The molecular formula is C17H20N2OS. The van der Waals surface area contributed by atoms with Gasteiger partial charge < -0.3 is 14.6 Å². The molecule has 0 saturated heterocycles. The number of para-hydroxylation sites is 1. The monoisotopic (exact) mass is 300 g/mol. The fourth-order valence-electron chi connectivity index (χ4n) is 2.47. The zero-order valence-corrected chi connectivity index (χ0v) is 13.2. The number of benzene rings is 1. The normalized spacial score (nSPS) is 13.1. The van der Waals surface area contributed by atoms with Gasteiger partial charge in [0.05, 0.1) is 12.6 Å². The highest BCUT2D eigenvalue weighted by atomic mass is 32.1. The third-order valence-electron chi connectivity index (χ3n) is 3.61. The van der Waals surface area contributed by atoms with E-state index in [1.165, 1.54) is 4.88 Å². The van der Waals surface area contributed by atoms with Gasteiger partial charge in [0.15, 0.2) is 0 Å². The van der Waals surface area contributed by atoms with Crippen LogP contribution in [0.3, 0.4) is 0 Å². The highest BCUT2D eigenvalue weighted by Gasteiger charge is 2.14. The minimum absolute atomic E-state index is 0.398. The summed E-state index contributed by atoms with van der Waals surface area (Å²) in [4.78, 5) is 3.63. The molecule has 3 aromatic rings. The first-order valence-electron chi connectivity index (χ1n) is 7.12. The molecule has 1 unspecified atom stereocenters. The van der Waals surface area contributed by atoms with Crippen LogP contribution >= 0.6 is 11.3 Å². The van der Waals surface area contributed by atoms with Crippen molar-refractivity contribution in [3.05, 3.63) is 58.5 Å².